The number of hydrogen-bond donors (Lipinski definition) is 2. The Morgan fingerprint density at radius 3 is 2.68 bits per heavy atom. The van der Waals surface area contributed by atoms with Gasteiger partial charge in [0.15, 0.2) is 0 Å². The number of imidazole rings is 1. The molecule has 0 bridgehead atoms. The summed E-state index contributed by atoms with van der Waals surface area (Å²) in [4.78, 5) is 23.3. The Kier molecular flexibility index (Phi) is 4.49. The van der Waals surface area contributed by atoms with Gasteiger partial charge < -0.3 is 18.6 Å². The Hall–Kier alpha value is -1.47. The van der Waals surface area contributed by atoms with Gasteiger partial charge in [-0.05, 0) is 6.42 Å². The van der Waals surface area contributed by atoms with Crippen LogP contribution in [0.25, 0.3) is 11.4 Å². The van der Waals surface area contributed by atoms with E-state index in [1.54, 1.807) is 6.20 Å². The van der Waals surface area contributed by atoms with Gasteiger partial charge in [-0.3, -0.25) is 0 Å². The van der Waals surface area contributed by atoms with Gasteiger partial charge in [0.1, 0.15) is 5.82 Å². The van der Waals surface area contributed by atoms with Crippen LogP contribution < -0.4 is 0 Å². The predicted octanol–water partition coefficient (Wildman–Crippen LogP) is 1.51. The van der Waals surface area contributed by atoms with E-state index in [0.29, 0.717) is 13.0 Å². The quantitative estimate of drug-likeness (QED) is 0.786. The highest BCUT2D eigenvalue weighted by Gasteiger charge is 2.29. The SMILES string of the molecule is CO[Si](O)(O)CCCn1ccnc1-c1ccccc1. The zero-order valence-corrected chi connectivity index (χ0v) is 11.9. The molecule has 19 heavy (non-hydrogen) atoms. The maximum Gasteiger partial charge on any atom is 0.495 e. The van der Waals surface area contributed by atoms with Gasteiger partial charge >= 0.3 is 8.80 Å². The lowest BCUT2D eigenvalue weighted by Gasteiger charge is -2.15. The van der Waals surface area contributed by atoms with Crippen molar-refractivity contribution in [3.63, 3.8) is 0 Å². The molecule has 1 aromatic carbocycles. The second-order valence-electron chi connectivity index (χ2n) is 4.36. The molecule has 0 aliphatic rings. The van der Waals surface area contributed by atoms with Gasteiger partial charge in [0.25, 0.3) is 0 Å². The molecule has 2 rings (SSSR count). The van der Waals surface area contributed by atoms with Crippen LogP contribution in [0.4, 0.5) is 0 Å². The fourth-order valence-corrected chi connectivity index (χ4v) is 2.74. The van der Waals surface area contributed by atoms with Gasteiger partial charge in [-0.2, -0.15) is 0 Å². The molecular formula is C13H18N2O3Si. The van der Waals surface area contributed by atoms with Crippen LogP contribution in [0.1, 0.15) is 6.42 Å². The van der Waals surface area contributed by atoms with E-state index in [-0.39, 0.29) is 6.04 Å². The van der Waals surface area contributed by atoms with Crippen LogP contribution in [0.5, 0.6) is 0 Å². The first kappa shape index (κ1) is 13.9. The maximum absolute atomic E-state index is 9.49. The van der Waals surface area contributed by atoms with Gasteiger partial charge in [0.2, 0.25) is 0 Å². The van der Waals surface area contributed by atoms with Crippen LogP contribution in [0, 0.1) is 0 Å². The molecule has 0 aliphatic heterocycles. The molecule has 0 radical (unpaired) electrons. The number of benzene rings is 1. The Labute approximate surface area is 113 Å². The number of aromatic nitrogens is 2. The number of hydrogen-bond acceptors (Lipinski definition) is 4. The third kappa shape index (κ3) is 3.74. The number of aryl methyl sites for hydroxylation is 1. The lowest BCUT2D eigenvalue weighted by Crippen LogP contribution is -2.37. The molecule has 0 atom stereocenters. The van der Waals surface area contributed by atoms with Crippen molar-refractivity contribution in [1.82, 2.24) is 9.55 Å². The largest absolute Gasteiger partial charge is 0.495 e. The summed E-state index contributed by atoms with van der Waals surface area (Å²) in [7, 11) is -2.11. The van der Waals surface area contributed by atoms with E-state index >= 15 is 0 Å². The summed E-state index contributed by atoms with van der Waals surface area (Å²) in [5.74, 6) is 0.890. The minimum atomic E-state index is -3.44. The fraction of sp³-hybridized carbons (Fsp3) is 0.308. The van der Waals surface area contributed by atoms with E-state index in [1.165, 1.54) is 7.11 Å². The molecular weight excluding hydrogens is 260 g/mol. The van der Waals surface area contributed by atoms with Crippen molar-refractivity contribution in [2.75, 3.05) is 7.11 Å². The van der Waals surface area contributed by atoms with Crippen molar-refractivity contribution in [3.8, 4) is 11.4 Å². The van der Waals surface area contributed by atoms with Gasteiger partial charge in [0, 0.05) is 37.7 Å². The molecule has 0 fully saturated rings. The third-order valence-corrected chi connectivity index (χ3v) is 4.63. The summed E-state index contributed by atoms with van der Waals surface area (Å²) in [5, 5.41) is 0. The summed E-state index contributed by atoms with van der Waals surface area (Å²) in [6, 6.07) is 10.2. The van der Waals surface area contributed by atoms with Crippen LogP contribution >= 0.6 is 0 Å². The van der Waals surface area contributed by atoms with Crippen molar-refractivity contribution in [3.05, 3.63) is 42.7 Å². The first-order valence-electron chi connectivity index (χ1n) is 6.19. The highest BCUT2D eigenvalue weighted by Crippen LogP contribution is 2.18. The predicted molar refractivity (Wildman–Crippen MR) is 74.3 cm³/mol. The molecule has 6 heteroatoms. The zero-order valence-electron chi connectivity index (χ0n) is 10.9. The molecule has 0 spiro atoms. The van der Waals surface area contributed by atoms with E-state index in [4.69, 9.17) is 4.43 Å². The minimum Gasteiger partial charge on any atom is -0.390 e. The van der Waals surface area contributed by atoms with Gasteiger partial charge in [-0.1, -0.05) is 30.3 Å². The van der Waals surface area contributed by atoms with E-state index in [1.807, 2.05) is 41.1 Å². The van der Waals surface area contributed by atoms with Gasteiger partial charge in [-0.15, -0.1) is 0 Å². The second kappa shape index (κ2) is 6.11. The number of rotatable bonds is 6. The third-order valence-electron chi connectivity index (χ3n) is 2.98. The lowest BCUT2D eigenvalue weighted by molar-refractivity contribution is 0.183. The second-order valence-corrected chi connectivity index (χ2v) is 6.76. The fourth-order valence-electron chi connectivity index (χ4n) is 1.92. The molecule has 2 aromatic rings. The minimum absolute atomic E-state index is 0.288. The summed E-state index contributed by atoms with van der Waals surface area (Å²) < 4.78 is 6.71. The highest BCUT2D eigenvalue weighted by molar-refractivity contribution is 6.57. The molecule has 0 saturated carbocycles. The van der Waals surface area contributed by atoms with E-state index in [2.05, 4.69) is 4.98 Å². The Morgan fingerprint density at radius 1 is 1.26 bits per heavy atom. The maximum atomic E-state index is 9.49. The van der Waals surface area contributed by atoms with Crippen molar-refractivity contribution in [1.29, 1.82) is 0 Å². The Morgan fingerprint density at radius 2 is 2.00 bits per heavy atom. The molecule has 0 amide bonds. The van der Waals surface area contributed by atoms with Crippen molar-refractivity contribution < 1.29 is 14.0 Å². The summed E-state index contributed by atoms with van der Waals surface area (Å²) in [6.07, 6.45) is 4.29. The van der Waals surface area contributed by atoms with E-state index < -0.39 is 8.80 Å². The molecule has 0 unspecified atom stereocenters. The topological polar surface area (TPSA) is 67.5 Å². The Bertz CT molecular complexity index is 514. The standard InChI is InChI=1S/C13H18N2O3Si/c1-18-19(16,17)11-5-9-15-10-8-14-13(15)12-6-3-2-4-7-12/h2-4,6-8,10,16-17H,5,9,11H2,1H3. The number of nitrogens with zero attached hydrogens (tertiary/aromatic N) is 2. The average Bonchev–Trinajstić information content (AvgIpc) is 2.88. The molecule has 1 aromatic heterocycles. The van der Waals surface area contributed by atoms with E-state index in [9.17, 15) is 9.59 Å². The first-order valence-corrected chi connectivity index (χ1v) is 8.20. The van der Waals surface area contributed by atoms with Crippen LogP contribution in [0.2, 0.25) is 6.04 Å². The normalized spacial score (nSPS) is 11.7. The lowest BCUT2D eigenvalue weighted by atomic mass is 10.2. The van der Waals surface area contributed by atoms with Crippen LogP contribution in [0.15, 0.2) is 42.7 Å². The molecule has 102 valence electrons. The van der Waals surface area contributed by atoms with E-state index in [0.717, 1.165) is 11.4 Å². The van der Waals surface area contributed by atoms with Crippen LogP contribution in [0.3, 0.4) is 0 Å². The summed E-state index contributed by atoms with van der Waals surface area (Å²) in [6.45, 7) is 0.684. The van der Waals surface area contributed by atoms with Gasteiger partial charge in [-0.25, -0.2) is 4.98 Å². The smallest absolute Gasteiger partial charge is 0.390 e. The first-order chi connectivity index (χ1) is 9.12. The molecule has 2 N–H and O–H groups in total. The monoisotopic (exact) mass is 278 g/mol. The molecule has 0 aliphatic carbocycles. The highest BCUT2D eigenvalue weighted by atomic mass is 28.4. The van der Waals surface area contributed by atoms with Crippen LogP contribution in [-0.2, 0) is 11.0 Å². The average molecular weight is 278 g/mol. The Balaban J connectivity index is 2.01. The molecule has 5 nitrogen and oxygen atoms in total. The van der Waals surface area contributed by atoms with Crippen molar-refractivity contribution in [2.24, 2.45) is 0 Å². The zero-order chi connectivity index (χ0) is 13.7. The van der Waals surface area contributed by atoms with Crippen LogP contribution in [-0.4, -0.2) is 35.1 Å². The summed E-state index contributed by atoms with van der Waals surface area (Å²) >= 11 is 0. The van der Waals surface area contributed by atoms with Crippen molar-refractivity contribution >= 4 is 8.80 Å². The summed E-state index contributed by atoms with van der Waals surface area (Å²) in [5.41, 5.74) is 1.05. The molecule has 0 saturated heterocycles. The van der Waals surface area contributed by atoms with Crippen molar-refractivity contribution in [2.45, 2.75) is 19.0 Å². The van der Waals surface area contributed by atoms with Gasteiger partial charge in [0.05, 0.1) is 0 Å². The molecule has 1 heterocycles.